The quantitative estimate of drug-likeness (QED) is 0.561. The van der Waals surface area contributed by atoms with Crippen LogP contribution >= 0.6 is 0 Å². The van der Waals surface area contributed by atoms with Gasteiger partial charge in [-0.3, -0.25) is 10.6 Å². The summed E-state index contributed by atoms with van der Waals surface area (Å²) >= 11 is 0. The molecule has 0 bridgehead atoms. The minimum Gasteiger partial charge on any atom is -0.466 e. The van der Waals surface area contributed by atoms with Gasteiger partial charge in [-0.15, -0.1) is 0 Å². The second-order valence-corrected chi connectivity index (χ2v) is 5.23. The average molecular weight is 243 g/mol. The number of ether oxygens (including phenoxy) is 1. The van der Waals surface area contributed by atoms with Crippen molar-refractivity contribution in [3.05, 3.63) is 0 Å². The fourth-order valence-electron chi connectivity index (χ4n) is 1.85. The van der Waals surface area contributed by atoms with Crippen LogP contribution in [-0.4, -0.2) is 55.2 Å². The standard InChI is InChI=1S/C12H25N3O2/c1-4-17-11(16)12(2,3)5-6-14-7-9-15(13)10-8-14/h4-10,13H2,1-3H3. The van der Waals surface area contributed by atoms with Crippen molar-refractivity contribution >= 4 is 5.97 Å². The molecule has 1 heterocycles. The SMILES string of the molecule is CCOC(=O)C(C)(C)CCN1CCN(N)CC1. The topological polar surface area (TPSA) is 58.8 Å². The summed E-state index contributed by atoms with van der Waals surface area (Å²) in [5.74, 6) is 5.60. The minimum absolute atomic E-state index is 0.0996. The number of carbonyl (C=O) groups excluding carboxylic acids is 1. The highest BCUT2D eigenvalue weighted by atomic mass is 16.5. The van der Waals surface area contributed by atoms with E-state index in [1.54, 1.807) is 0 Å². The number of rotatable bonds is 5. The Kier molecular flexibility index (Phi) is 5.36. The maximum absolute atomic E-state index is 11.7. The third-order valence-corrected chi connectivity index (χ3v) is 3.29. The minimum atomic E-state index is -0.393. The molecule has 0 aromatic carbocycles. The van der Waals surface area contributed by atoms with Crippen molar-refractivity contribution in [2.75, 3.05) is 39.3 Å². The number of nitrogens with two attached hydrogens (primary N) is 1. The van der Waals surface area contributed by atoms with E-state index >= 15 is 0 Å². The van der Waals surface area contributed by atoms with Crippen LogP contribution in [0.5, 0.6) is 0 Å². The number of nitrogens with zero attached hydrogens (tertiary/aromatic N) is 2. The van der Waals surface area contributed by atoms with Crippen molar-refractivity contribution in [2.45, 2.75) is 27.2 Å². The van der Waals surface area contributed by atoms with Gasteiger partial charge in [-0.1, -0.05) is 0 Å². The monoisotopic (exact) mass is 243 g/mol. The molecule has 0 aromatic heterocycles. The van der Waals surface area contributed by atoms with Crippen molar-refractivity contribution in [2.24, 2.45) is 11.3 Å². The first-order valence-corrected chi connectivity index (χ1v) is 6.35. The first-order chi connectivity index (χ1) is 7.95. The van der Waals surface area contributed by atoms with E-state index < -0.39 is 5.41 Å². The van der Waals surface area contributed by atoms with Crippen LogP contribution in [0.2, 0.25) is 0 Å². The highest BCUT2D eigenvalue weighted by Gasteiger charge is 2.29. The Morgan fingerprint density at radius 3 is 2.41 bits per heavy atom. The van der Waals surface area contributed by atoms with E-state index in [2.05, 4.69) is 4.90 Å². The predicted octanol–water partition coefficient (Wildman–Crippen LogP) is 0.457. The van der Waals surface area contributed by atoms with E-state index in [4.69, 9.17) is 10.6 Å². The van der Waals surface area contributed by atoms with Gasteiger partial charge in [0.05, 0.1) is 12.0 Å². The van der Waals surface area contributed by atoms with E-state index in [1.807, 2.05) is 25.8 Å². The molecule has 0 amide bonds. The zero-order chi connectivity index (χ0) is 12.9. The molecule has 0 radical (unpaired) electrons. The molecular weight excluding hydrogens is 218 g/mol. The van der Waals surface area contributed by atoms with E-state index in [0.29, 0.717) is 6.61 Å². The molecule has 1 rings (SSSR count). The third kappa shape index (κ3) is 4.61. The summed E-state index contributed by atoms with van der Waals surface area (Å²) in [5, 5.41) is 1.84. The summed E-state index contributed by atoms with van der Waals surface area (Å²) < 4.78 is 5.08. The smallest absolute Gasteiger partial charge is 0.311 e. The molecule has 5 nitrogen and oxygen atoms in total. The Morgan fingerprint density at radius 1 is 1.29 bits per heavy atom. The average Bonchev–Trinajstić information content (AvgIpc) is 2.29. The van der Waals surface area contributed by atoms with Crippen LogP contribution < -0.4 is 5.84 Å². The molecule has 0 aromatic rings. The lowest BCUT2D eigenvalue weighted by Gasteiger charge is -2.33. The van der Waals surface area contributed by atoms with Crippen LogP contribution in [0.4, 0.5) is 0 Å². The van der Waals surface area contributed by atoms with Crippen LogP contribution in [0, 0.1) is 5.41 Å². The molecule has 0 saturated carbocycles. The zero-order valence-corrected chi connectivity index (χ0v) is 11.2. The summed E-state index contributed by atoms with van der Waals surface area (Å²) in [4.78, 5) is 14.1. The summed E-state index contributed by atoms with van der Waals surface area (Å²) in [7, 11) is 0. The molecule has 0 aliphatic carbocycles. The second kappa shape index (κ2) is 6.33. The van der Waals surface area contributed by atoms with Crippen LogP contribution in [0.3, 0.4) is 0 Å². The molecule has 100 valence electrons. The van der Waals surface area contributed by atoms with Gasteiger partial charge >= 0.3 is 5.97 Å². The highest BCUT2D eigenvalue weighted by Crippen LogP contribution is 2.22. The van der Waals surface area contributed by atoms with Crippen molar-refractivity contribution in [3.63, 3.8) is 0 Å². The number of piperazine rings is 1. The van der Waals surface area contributed by atoms with Crippen molar-refractivity contribution in [3.8, 4) is 0 Å². The van der Waals surface area contributed by atoms with Gasteiger partial charge < -0.3 is 9.64 Å². The largest absolute Gasteiger partial charge is 0.466 e. The van der Waals surface area contributed by atoms with Gasteiger partial charge in [-0.2, -0.15) is 0 Å². The summed E-state index contributed by atoms with van der Waals surface area (Å²) in [6, 6.07) is 0. The first-order valence-electron chi connectivity index (χ1n) is 6.35. The molecule has 1 aliphatic heterocycles. The van der Waals surface area contributed by atoms with Gasteiger partial charge in [-0.05, 0) is 33.7 Å². The molecule has 1 fully saturated rings. The van der Waals surface area contributed by atoms with E-state index in [0.717, 1.165) is 39.1 Å². The number of hydrazine groups is 1. The van der Waals surface area contributed by atoms with Crippen LogP contribution in [0.1, 0.15) is 27.2 Å². The van der Waals surface area contributed by atoms with E-state index in [1.165, 1.54) is 0 Å². The normalized spacial score (nSPS) is 19.3. The van der Waals surface area contributed by atoms with Crippen LogP contribution in [0.15, 0.2) is 0 Å². The lowest BCUT2D eigenvalue weighted by atomic mass is 9.89. The lowest BCUT2D eigenvalue weighted by molar-refractivity contribution is -0.154. The van der Waals surface area contributed by atoms with Gasteiger partial charge in [0.1, 0.15) is 0 Å². The summed E-state index contributed by atoms with van der Waals surface area (Å²) in [6.45, 7) is 10.9. The maximum atomic E-state index is 11.7. The second-order valence-electron chi connectivity index (χ2n) is 5.23. The Bertz CT molecular complexity index is 248. The number of esters is 1. The lowest BCUT2D eigenvalue weighted by Crippen LogP contribution is -2.50. The Morgan fingerprint density at radius 2 is 1.88 bits per heavy atom. The first kappa shape index (κ1) is 14.4. The van der Waals surface area contributed by atoms with Crippen molar-refractivity contribution in [1.29, 1.82) is 0 Å². The van der Waals surface area contributed by atoms with Crippen molar-refractivity contribution < 1.29 is 9.53 Å². The Hall–Kier alpha value is -0.650. The number of hydrogen-bond donors (Lipinski definition) is 1. The van der Waals surface area contributed by atoms with Gasteiger partial charge in [0.25, 0.3) is 0 Å². The molecule has 2 N–H and O–H groups in total. The van der Waals surface area contributed by atoms with Gasteiger partial charge in [0.2, 0.25) is 0 Å². The van der Waals surface area contributed by atoms with E-state index in [-0.39, 0.29) is 5.97 Å². The fraction of sp³-hybridized carbons (Fsp3) is 0.917. The molecule has 1 aliphatic rings. The van der Waals surface area contributed by atoms with Crippen molar-refractivity contribution in [1.82, 2.24) is 9.91 Å². The fourth-order valence-corrected chi connectivity index (χ4v) is 1.85. The maximum Gasteiger partial charge on any atom is 0.311 e. The summed E-state index contributed by atoms with van der Waals surface area (Å²) in [5.41, 5.74) is -0.393. The van der Waals surface area contributed by atoms with Gasteiger partial charge in [0, 0.05) is 26.2 Å². The highest BCUT2D eigenvalue weighted by molar-refractivity contribution is 5.75. The molecule has 0 spiro atoms. The van der Waals surface area contributed by atoms with Crippen LogP contribution in [0.25, 0.3) is 0 Å². The molecule has 5 heteroatoms. The molecular formula is C12H25N3O2. The number of hydrogen-bond acceptors (Lipinski definition) is 5. The summed E-state index contributed by atoms with van der Waals surface area (Å²) in [6.07, 6.45) is 0.830. The Labute approximate surface area is 104 Å². The van der Waals surface area contributed by atoms with Gasteiger partial charge in [-0.25, -0.2) is 5.01 Å². The number of carbonyl (C=O) groups is 1. The van der Waals surface area contributed by atoms with Gasteiger partial charge in [0.15, 0.2) is 0 Å². The molecule has 1 saturated heterocycles. The third-order valence-electron chi connectivity index (χ3n) is 3.29. The Balaban J connectivity index is 2.31. The zero-order valence-electron chi connectivity index (χ0n) is 11.2. The molecule has 0 atom stereocenters. The van der Waals surface area contributed by atoms with Crippen LogP contribution in [-0.2, 0) is 9.53 Å². The molecule has 17 heavy (non-hydrogen) atoms. The van der Waals surface area contributed by atoms with E-state index in [9.17, 15) is 4.79 Å². The predicted molar refractivity (Wildman–Crippen MR) is 67.2 cm³/mol. The molecule has 0 unspecified atom stereocenters.